The van der Waals surface area contributed by atoms with Crippen LogP contribution in [-0.4, -0.2) is 44.4 Å². The number of aliphatic hydroxyl groups is 1. The summed E-state index contributed by atoms with van der Waals surface area (Å²) < 4.78 is 25.6. The number of anilines is 1. The molecule has 0 spiro atoms. The fourth-order valence-electron chi connectivity index (χ4n) is 2.26. The number of nitrogens with zero attached hydrogens (tertiary/aromatic N) is 1. The summed E-state index contributed by atoms with van der Waals surface area (Å²) in [5.74, 6) is -0.296. The van der Waals surface area contributed by atoms with Gasteiger partial charge in [0, 0.05) is 18.2 Å². The Kier molecular flexibility index (Phi) is 5.31. The molecule has 8 heteroatoms. The van der Waals surface area contributed by atoms with Crippen LogP contribution in [0.3, 0.4) is 0 Å². The lowest BCUT2D eigenvalue weighted by atomic mass is 10.1. The number of hydrogen-bond acceptors (Lipinski definition) is 4. The molecule has 2 rings (SSSR count). The fourth-order valence-corrected chi connectivity index (χ4v) is 4.17. The van der Waals surface area contributed by atoms with Crippen molar-refractivity contribution in [3.8, 4) is 0 Å². The molecule has 1 aromatic carbocycles. The Bertz CT molecular complexity index is 663. The highest BCUT2D eigenvalue weighted by molar-refractivity contribution is 7.92. The van der Waals surface area contributed by atoms with Crippen molar-refractivity contribution >= 4 is 33.2 Å². The van der Waals surface area contributed by atoms with Gasteiger partial charge in [-0.15, -0.1) is 0 Å². The van der Waals surface area contributed by atoms with E-state index in [1.54, 1.807) is 6.92 Å². The molecule has 6 nitrogen and oxygen atoms in total. The molecule has 0 radical (unpaired) electrons. The third kappa shape index (κ3) is 3.71. The largest absolute Gasteiger partial charge is 0.394 e. The predicted molar refractivity (Wildman–Crippen MR) is 85.8 cm³/mol. The molecule has 1 amide bonds. The molecule has 1 aliphatic heterocycles. The predicted octanol–water partition coefficient (Wildman–Crippen LogP) is 1.38. The fraction of sp³-hybridized carbons (Fsp3) is 0.500. The number of halogens is 1. The smallest absolute Gasteiger partial charge is 0.251 e. The number of nitrogens with one attached hydrogen (secondary N) is 1. The molecule has 1 heterocycles. The number of benzene rings is 1. The lowest BCUT2D eigenvalue weighted by Crippen LogP contribution is -2.38. The van der Waals surface area contributed by atoms with Gasteiger partial charge in [0.1, 0.15) is 0 Å². The standard InChI is InChI=1S/C14H19ClN2O4S/c1-10(9-18)16-14(19)11-4-5-12(15)13(8-11)17-6-2-3-7-22(17,20)21/h4-5,8,10,18H,2-3,6-7,9H2,1H3,(H,16,19)/t10-/m1/s1. The summed E-state index contributed by atoms with van der Waals surface area (Å²) in [4.78, 5) is 12.1. The summed E-state index contributed by atoms with van der Waals surface area (Å²) >= 11 is 6.12. The number of carbonyl (C=O) groups is 1. The van der Waals surface area contributed by atoms with Crippen molar-refractivity contribution in [2.45, 2.75) is 25.8 Å². The van der Waals surface area contributed by atoms with E-state index in [9.17, 15) is 13.2 Å². The Morgan fingerprint density at radius 3 is 2.82 bits per heavy atom. The number of hydrogen-bond donors (Lipinski definition) is 2. The Hall–Kier alpha value is -1.31. The van der Waals surface area contributed by atoms with Crippen LogP contribution < -0.4 is 9.62 Å². The second kappa shape index (κ2) is 6.85. The Labute approximate surface area is 135 Å². The minimum atomic E-state index is -3.39. The van der Waals surface area contributed by atoms with Gasteiger partial charge in [0.25, 0.3) is 5.91 Å². The minimum absolute atomic E-state index is 0.0846. The van der Waals surface area contributed by atoms with Gasteiger partial charge in [-0.3, -0.25) is 9.10 Å². The first-order chi connectivity index (χ1) is 10.3. The highest BCUT2D eigenvalue weighted by Crippen LogP contribution is 2.31. The van der Waals surface area contributed by atoms with Crippen LogP contribution in [0.25, 0.3) is 0 Å². The maximum absolute atomic E-state index is 12.2. The quantitative estimate of drug-likeness (QED) is 0.862. The van der Waals surface area contributed by atoms with E-state index in [1.165, 1.54) is 22.5 Å². The molecule has 0 aromatic heterocycles. The highest BCUT2D eigenvalue weighted by Gasteiger charge is 2.28. The van der Waals surface area contributed by atoms with Crippen LogP contribution in [0.15, 0.2) is 18.2 Å². The molecule has 0 bridgehead atoms. The van der Waals surface area contributed by atoms with E-state index in [-0.39, 0.29) is 29.3 Å². The highest BCUT2D eigenvalue weighted by atomic mass is 35.5. The van der Waals surface area contributed by atoms with Gasteiger partial charge in [-0.1, -0.05) is 11.6 Å². The van der Waals surface area contributed by atoms with Crippen LogP contribution >= 0.6 is 11.6 Å². The second-order valence-corrected chi connectivity index (χ2v) is 7.74. The Morgan fingerprint density at radius 2 is 2.18 bits per heavy atom. The average Bonchev–Trinajstić information content (AvgIpc) is 2.47. The van der Waals surface area contributed by atoms with Crippen LogP contribution in [0.4, 0.5) is 5.69 Å². The molecule has 1 atom stereocenters. The molecule has 0 aliphatic carbocycles. The molecule has 1 fully saturated rings. The Balaban J connectivity index is 2.33. The van der Waals surface area contributed by atoms with Gasteiger partial charge in [0.2, 0.25) is 10.0 Å². The third-order valence-corrected chi connectivity index (χ3v) is 5.65. The summed E-state index contributed by atoms with van der Waals surface area (Å²) in [6.45, 7) is 1.86. The first kappa shape index (κ1) is 17.1. The third-order valence-electron chi connectivity index (χ3n) is 3.48. The van der Waals surface area contributed by atoms with Crippen LogP contribution in [0.2, 0.25) is 5.02 Å². The maximum Gasteiger partial charge on any atom is 0.251 e. The molecule has 0 unspecified atom stereocenters. The summed E-state index contributed by atoms with van der Waals surface area (Å²) in [7, 11) is -3.39. The van der Waals surface area contributed by atoms with Gasteiger partial charge in [-0.05, 0) is 38.0 Å². The molecule has 0 saturated carbocycles. The summed E-state index contributed by atoms with van der Waals surface area (Å²) in [6, 6.07) is 4.14. The zero-order valence-corrected chi connectivity index (χ0v) is 13.8. The molecular weight excluding hydrogens is 328 g/mol. The zero-order valence-electron chi connectivity index (χ0n) is 12.3. The number of aliphatic hydroxyl groups excluding tert-OH is 1. The second-order valence-electron chi connectivity index (χ2n) is 5.32. The van der Waals surface area contributed by atoms with Gasteiger partial charge < -0.3 is 10.4 Å². The molecule has 22 heavy (non-hydrogen) atoms. The molecule has 122 valence electrons. The van der Waals surface area contributed by atoms with E-state index in [1.807, 2.05) is 0 Å². The first-order valence-electron chi connectivity index (χ1n) is 7.07. The van der Waals surface area contributed by atoms with Crippen molar-refractivity contribution in [2.24, 2.45) is 0 Å². The first-order valence-corrected chi connectivity index (χ1v) is 9.05. The van der Waals surface area contributed by atoms with Gasteiger partial charge in [0.05, 0.1) is 23.1 Å². The van der Waals surface area contributed by atoms with Gasteiger partial charge in [0.15, 0.2) is 0 Å². The van der Waals surface area contributed by atoms with E-state index in [4.69, 9.17) is 16.7 Å². The average molecular weight is 347 g/mol. The van der Waals surface area contributed by atoms with Crippen molar-refractivity contribution in [2.75, 3.05) is 23.2 Å². The van der Waals surface area contributed by atoms with Gasteiger partial charge >= 0.3 is 0 Å². The van der Waals surface area contributed by atoms with Gasteiger partial charge in [-0.2, -0.15) is 0 Å². The monoisotopic (exact) mass is 346 g/mol. The number of amides is 1. The lowest BCUT2D eigenvalue weighted by Gasteiger charge is -2.29. The normalized spacial score (nSPS) is 18.8. The van der Waals surface area contributed by atoms with E-state index >= 15 is 0 Å². The summed E-state index contributed by atoms with van der Waals surface area (Å²) in [5, 5.41) is 11.9. The topological polar surface area (TPSA) is 86.7 Å². The summed E-state index contributed by atoms with van der Waals surface area (Å²) in [6.07, 6.45) is 1.39. The number of sulfonamides is 1. The van der Waals surface area contributed by atoms with Crippen LogP contribution in [-0.2, 0) is 10.0 Å². The van der Waals surface area contributed by atoms with E-state index < -0.39 is 10.0 Å². The maximum atomic E-state index is 12.2. The van der Waals surface area contributed by atoms with Crippen molar-refractivity contribution in [3.05, 3.63) is 28.8 Å². The Morgan fingerprint density at radius 1 is 1.45 bits per heavy atom. The van der Waals surface area contributed by atoms with Crippen molar-refractivity contribution in [1.29, 1.82) is 0 Å². The van der Waals surface area contributed by atoms with E-state index in [0.29, 0.717) is 24.2 Å². The van der Waals surface area contributed by atoms with Crippen molar-refractivity contribution in [1.82, 2.24) is 5.32 Å². The molecule has 1 aromatic rings. The van der Waals surface area contributed by atoms with E-state index in [0.717, 1.165) is 6.42 Å². The SMILES string of the molecule is C[C@H](CO)NC(=O)c1ccc(Cl)c(N2CCCCS2(=O)=O)c1. The molecule has 2 N–H and O–H groups in total. The van der Waals surface area contributed by atoms with Crippen LogP contribution in [0, 0.1) is 0 Å². The molecule has 1 aliphatic rings. The van der Waals surface area contributed by atoms with Gasteiger partial charge in [-0.25, -0.2) is 8.42 Å². The zero-order chi connectivity index (χ0) is 16.3. The molecular formula is C14H19ClN2O4S. The van der Waals surface area contributed by atoms with Crippen molar-refractivity contribution < 1.29 is 18.3 Å². The van der Waals surface area contributed by atoms with E-state index in [2.05, 4.69) is 5.32 Å². The summed E-state index contributed by atoms with van der Waals surface area (Å²) in [5.41, 5.74) is 0.631. The minimum Gasteiger partial charge on any atom is -0.394 e. The number of rotatable bonds is 4. The lowest BCUT2D eigenvalue weighted by molar-refractivity contribution is 0.0922. The van der Waals surface area contributed by atoms with Crippen molar-refractivity contribution in [3.63, 3.8) is 0 Å². The van der Waals surface area contributed by atoms with Crippen LogP contribution in [0.5, 0.6) is 0 Å². The number of carbonyl (C=O) groups excluding carboxylic acids is 1. The molecule has 1 saturated heterocycles. The van der Waals surface area contributed by atoms with Crippen LogP contribution in [0.1, 0.15) is 30.1 Å².